The SMILES string of the molecule is CCCCN1C(=O)CCC(C(=O)NC2CCC(C)CC2)C1c1ccccc1OC. The summed E-state index contributed by atoms with van der Waals surface area (Å²) in [7, 11) is 1.65. The number of likely N-dealkylation sites (tertiary alicyclic amines) is 1. The van der Waals surface area contributed by atoms with Crippen LogP contribution in [-0.4, -0.2) is 36.4 Å². The number of rotatable bonds is 7. The molecule has 1 aliphatic heterocycles. The van der Waals surface area contributed by atoms with Crippen LogP contribution in [0.1, 0.15) is 76.8 Å². The van der Waals surface area contributed by atoms with Gasteiger partial charge in [0.1, 0.15) is 5.75 Å². The number of methoxy groups -OCH3 is 1. The molecule has 1 aliphatic carbocycles. The largest absolute Gasteiger partial charge is 0.496 e. The molecule has 0 spiro atoms. The lowest BCUT2D eigenvalue weighted by atomic mass is 9.82. The van der Waals surface area contributed by atoms with Gasteiger partial charge < -0.3 is 15.0 Å². The predicted octanol–water partition coefficient (Wildman–Crippen LogP) is 4.47. The van der Waals surface area contributed by atoms with Gasteiger partial charge in [-0.3, -0.25) is 9.59 Å². The van der Waals surface area contributed by atoms with E-state index in [0.717, 1.165) is 42.9 Å². The standard InChI is InChI=1S/C24H36N2O3/c1-4-5-16-26-22(27)15-14-20(23(26)19-8-6-7-9-21(19)29-3)24(28)25-18-12-10-17(2)11-13-18/h6-9,17-18,20,23H,4-5,10-16H2,1-3H3,(H,25,28). The van der Waals surface area contributed by atoms with Crippen molar-refractivity contribution in [3.8, 4) is 5.75 Å². The molecule has 2 atom stereocenters. The molecular formula is C24H36N2O3. The lowest BCUT2D eigenvalue weighted by Crippen LogP contribution is -2.50. The van der Waals surface area contributed by atoms with Crippen LogP contribution in [0.2, 0.25) is 0 Å². The number of para-hydroxylation sites is 1. The van der Waals surface area contributed by atoms with Crippen molar-refractivity contribution in [1.29, 1.82) is 0 Å². The number of piperidine rings is 1. The fourth-order valence-corrected chi connectivity index (χ4v) is 4.83. The summed E-state index contributed by atoms with van der Waals surface area (Å²) in [4.78, 5) is 28.1. The fraction of sp³-hybridized carbons (Fsp3) is 0.667. The quantitative estimate of drug-likeness (QED) is 0.735. The van der Waals surface area contributed by atoms with Crippen molar-refractivity contribution in [2.24, 2.45) is 11.8 Å². The lowest BCUT2D eigenvalue weighted by molar-refractivity contribution is -0.143. The van der Waals surface area contributed by atoms with Crippen LogP contribution in [0, 0.1) is 11.8 Å². The Morgan fingerprint density at radius 3 is 2.59 bits per heavy atom. The number of carbonyl (C=O) groups is 2. The van der Waals surface area contributed by atoms with Crippen LogP contribution >= 0.6 is 0 Å². The topological polar surface area (TPSA) is 58.6 Å². The molecule has 1 aromatic carbocycles. The van der Waals surface area contributed by atoms with E-state index in [1.54, 1.807) is 7.11 Å². The smallest absolute Gasteiger partial charge is 0.225 e. The van der Waals surface area contributed by atoms with Crippen molar-refractivity contribution >= 4 is 11.8 Å². The number of nitrogens with one attached hydrogen (secondary N) is 1. The minimum absolute atomic E-state index is 0.0921. The first-order valence-corrected chi connectivity index (χ1v) is 11.3. The number of hydrogen-bond donors (Lipinski definition) is 1. The molecule has 1 saturated carbocycles. The first kappa shape index (κ1) is 21.7. The van der Waals surface area contributed by atoms with E-state index in [4.69, 9.17) is 4.74 Å². The van der Waals surface area contributed by atoms with E-state index >= 15 is 0 Å². The van der Waals surface area contributed by atoms with Crippen LogP contribution in [0.4, 0.5) is 0 Å². The molecular weight excluding hydrogens is 364 g/mol. The maximum Gasteiger partial charge on any atom is 0.225 e. The van der Waals surface area contributed by atoms with Crippen molar-refractivity contribution < 1.29 is 14.3 Å². The minimum atomic E-state index is -0.263. The maximum atomic E-state index is 13.4. The van der Waals surface area contributed by atoms with E-state index < -0.39 is 0 Å². The summed E-state index contributed by atoms with van der Waals surface area (Å²) >= 11 is 0. The average molecular weight is 401 g/mol. The fourth-order valence-electron chi connectivity index (χ4n) is 4.83. The Bertz CT molecular complexity index is 697. The molecule has 0 radical (unpaired) electrons. The first-order chi connectivity index (χ1) is 14.0. The Kier molecular flexibility index (Phi) is 7.57. The summed E-state index contributed by atoms with van der Waals surface area (Å²) in [6.07, 6.45) is 7.44. The van der Waals surface area contributed by atoms with Gasteiger partial charge in [0.2, 0.25) is 11.8 Å². The Morgan fingerprint density at radius 1 is 1.17 bits per heavy atom. The van der Waals surface area contributed by atoms with Gasteiger partial charge in [0, 0.05) is 24.6 Å². The van der Waals surface area contributed by atoms with Crippen LogP contribution < -0.4 is 10.1 Å². The summed E-state index contributed by atoms with van der Waals surface area (Å²) in [6, 6.07) is 7.82. The van der Waals surface area contributed by atoms with Crippen molar-refractivity contribution in [3.63, 3.8) is 0 Å². The third kappa shape index (κ3) is 5.12. The van der Waals surface area contributed by atoms with Gasteiger partial charge in [0.25, 0.3) is 0 Å². The normalized spacial score (nSPS) is 27.6. The van der Waals surface area contributed by atoms with E-state index in [-0.39, 0.29) is 29.8 Å². The Morgan fingerprint density at radius 2 is 1.90 bits per heavy atom. The van der Waals surface area contributed by atoms with Gasteiger partial charge in [0.05, 0.1) is 19.1 Å². The van der Waals surface area contributed by atoms with E-state index in [2.05, 4.69) is 19.2 Å². The molecule has 5 nitrogen and oxygen atoms in total. The van der Waals surface area contributed by atoms with Gasteiger partial charge in [-0.15, -0.1) is 0 Å². The molecule has 160 valence electrons. The average Bonchev–Trinajstić information content (AvgIpc) is 2.74. The Balaban J connectivity index is 1.86. The molecule has 3 rings (SSSR count). The summed E-state index contributed by atoms with van der Waals surface area (Å²) in [5.41, 5.74) is 0.941. The van der Waals surface area contributed by atoms with E-state index in [0.29, 0.717) is 19.4 Å². The van der Waals surface area contributed by atoms with Crippen molar-refractivity contribution in [1.82, 2.24) is 10.2 Å². The molecule has 0 aromatic heterocycles. The van der Waals surface area contributed by atoms with Crippen LogP contribution in [0.25, 0.3) is 0 Å². The van der Waals surface area contributed by atoms with Crippen LogP contribution in [0.15, 0.2) is 24.3 Å². The van der Waals surface area contributed by atoms with Gasteiger partial charge in [-0.25, -0.2) is 0 Å². The van der Waals surface area contributed by atoms with Crippen molar-refractivity contribution in [2.45, 2.75) is 77.3 Å². The zero-order valence-electron chi connectivity index (χ0n) is 18.2. The molecule has 29 heavy (non-hydrogen) atoms. The highest BCUT2D eigenvalue weighted by Crippen LogP contribution is 2.41. The van der Waals surface area contributed by atoms with Gasteiger partial charge in [0.15, 0.2) is 0 Å². The Labute approximate surface area is 175 Å². The number of benzene rings is 1. The molecule has 1 N–H and O–H groups in total. The number of amides is 2. The summed E-state index contributed by atoms with van der Waals surface area (Å²) in [5.74, 6) is 1.50. The number of hydrogen-bond acceptors (Lipinski definition) is 3. The molecule has 1 heterocycles. The molecule has 2 unspecified atom stereocenters. The molecule has 5 heteroatoms. The Hall–Kier alpha value is -2.04. The second-order valence-corrected chi connectivity index (χ2v) is 8.74. The van der Waals surface area contributed by atoms with Crippen LogP contribution in [0.3, 0.4) is 0 Å². The second kappa shape index (κ2) is 10.1. The highest BCUT2D eigenvalue weighted by molar-refractivity contribution is 5.85. The van der Waals surface area contributed by atoms with Crippen LogP contribution in [0.5, 0.6) is 5.75 Å². The van der Waals surface area contributed by atoms with Gasteiger partial charge in [-0.1, -0.05) is 38.5 Å². The first-order valence-electron chi connectivity index (χ1n) is 11.3. The molecule has 2 amide bonds. The highest BCUT2D eigenvalue weighted by Gasteiger charge is 2.42. The van der Waals surface area contributed by atoms with E-state index in [1.165, 1.54) is 12.8 Å². The van der Waals surface area contributed by atoms with E-state index in [1.807, 2.05) is 29.2 Å². The van der Waals surface area contributed by atoms with Gasteiger partial charge in [-0.2, -0.15) is 0 Å². The summed E-state index contributed by atoms with van der Waals surface area (Å²) in [6.45, 7) is 5.09. The number of ether oxygens (including phenoxy) is 1. The zero-order valence-corrected chi connectivity index (χ0v) is 18.2. The van der Waals surface area contributed by atoms with Crippen molar-refractivity contribution in [2.75, 3.05) is 13.7 Å². The third-order valence-electron chi connectivity index (χ3n) is 6.62. The molecule has 2 fully saturated rings. The number of carbonyl (C=O) groups excluding carboxylic acids is 2. The summed E-state index contributed by atoms with van der Waals surface area (Å²) < 4.78 is 5.61. The van der Waals surface area contributed by atoms with Crippen LogP contribution in [-0.2, 0) is 9.59 Å². The molecule has 1 aromatic rings. The number of nitrogens with zero attached hydrogens (tertiary/aromatic N) is 1. The van der Waals surface area contributed by atoms with Gasteiger partial charge >= 0.3 is 0 Å². The highest BCUT2D eigenvalue weighted by atomic mass is 16.5. The zero-order chi connectivity index (χ0) is 20.8. The number of unbranched alkanes of at least 4 members (excludes halogenated alkanes) is 1. The van der Waals surface area contributed by atoms with Gasteiger partial charge in [-0.05, 0) is 50.5 Å². The lowest BCUT2D eigenvalue weighted by Gasteiger charge is -2.42. The minimum Gasteiger partial charge on any atom is -0.496 e. The van der Waals surface area contributed by atoms with E-state index in [9.17, 15) is 9.59 Å². The maximum absolute atomic E-state index is 13.4. The third-order valence-corrected chi connectivity index (χ3v) is 6.62. The van der Waals surface area contributed by atoms with Crippen molar-refractivity contribution in [3.05, 3.63) is 29.8 Å². The molecule has 2 aliphatic rings. The monoisotopic (exact) mass is 400 g/mol. The summed E-state index contributed by atoms with van der Waals surface area (Å²) in [5, 5.41) is 3.32. The molecule has 0 bridgehead atoms. The predicted molar refractivity (Wildman–Crippen MR) is 115 cm³/mol. The molecule has 1 saturated heterocycles. The second-order valence-electron chi connectivity index (χ2n) is 8.74.